The average molecular weight is 240 g/mol. The molecule has 0 N–H and O–H groups in total. The zero-order chi connectivity index (χ0) is 13.2. The van der Waals surface area contributed by atoms with E-state index in [-0.39, 0.29) is 0 Å². The Labute approximate surface area is 107 Å². The normalized spacial score (nSPS) is 11.3. The molecule has 18 heavy (non-hydrogen) atoms. The third kappa shape index (κ3) is 2.45. The van der Waals surface area contributed by atoms with Crippen molar-refractivity contribution < 1.29 is 4.79 Å². The SMILES string of the molecule is Cc1ncc(-c2ccc(C(C)(C)C=O)cc2)cn1. The zero-order valence-electron chi connectivity index (χ0n) is 10.8. The van der Waals surface area contributed by atoms with Gasteiger partial charge in [-0.1, -0.05) is 24.3 Å². The molecular weight excluding hydrogens is 224 g/mol. The Hall–Kier alpha value is -2.03. The van der Waals surface area contributed by atoms with Crippen LogP contribution < -0.4 is 0 Å². The molecule has 92 valence electrons. The van der Waals surface area contributed by atoms with Gasteiger partial charge in [-0.15, -0.1) is 0 Å². The van der Waals surface area contributed by atoms with Gasteiger partial charge in [-0.05, 0) is 31.9 Å². The van der Waals surface area contributed by atoms with Crippen LogP contribution in [0.1, 0.15) is 25.2 Å². The number of aromatic nitrogens is 2. The van der Waals surface area contributed by atoms with E-state index in [2.05, 4.69) is 9.97 Å². The van der Waals surface area contributed by atoms with Crippen LogP contribution >= 0.6 is 0 Å². The number of hydrogen-bond acceptors (Lipinski definition) is 3. The molecule has 0 spiro atoms. The summed E-state index contributed by atoms with van der Waals surface area (Å²) in [6.45, 7) is 5.67. The first-order valence-electron chi connectivity index (χ1n) is 5.89. The summed E-state index contributed by atoms with van der Waals surface area (Å²) < 4.78 is 0. The molecule has 3 nitrogen and oxygen atoms in total. The molecule has 0 saturated heterocycles. The summed E-state index contributed by atoms with van der Waals surface area (Å²) in [7, 11) is 0. The smallest absolute Gasteiger partial charge is 0.129 e. The quantitative estimate of drug-likeness (QED) is 0.775. The van der Waals surface area contributed by atoms with Gasteiger partial charge in [-0.3, -0.25) is 0 Å². The van der Waals surface area contributed by atoms with Crippen molar-refractivity contribution in [1.82, 2.24) is 9.97 Å². The predicted octanol–water partition coefficient (Wildman–Crippen LogP) is 2.93. The number of aryl methyl sites for hydroxylation is 1. The molecule has 0 aliphatic heterocycles. The lowest BCUT2D eigenvalue weighted by molar-refractivity contribution is -0.111. The summed E-state index contributed by atoms with van der Waals surface area (Å²) in [4.78, 5) is 19.4. The molecule has 1 heterocycles. The Kier molecular flexibility index (Phi) is 3.24. The molecule has 3 heteroatoms. The van der Waals surface area contributed by atoms with Crippen LogP contribution in [0.4, 0.5) is 0 Å². The second-order valence-corrected chi connectivity index (χ2v) is 4.94. The standard InChI is InChI=1S/C15H16N2O/c1-11-16-8-13(9-17-11)12-4-6-14(7-5-12)15(2,3)10-18/h4-10H,1-3H3. The summed E-state index contributed by atoms with van der Waals surface area (Å²) in [5, 5.41) is 0. The molecular formula is C15H16N2O. The van der Waals surface area contributed by atoms with Crippen molar-refractivity contribution in [3.8, 4) is 11.1 Å². The molecule has 1 aromatic heterocycles. The average Bonchev–Trinajstić information content (AvgIpc) is 2.40. The maximum Gasteiger partial charge on any atom is 0.129 e. The first-order chi connectivity index (χ1) is 8.53. The van der Waals surface area contributed by atoms with Gasteiger partial charge in [0, 0.05) is 23.4 Å². The number of benzene rings is 1. The molecule has 0 bridgehead atoms. The highest BCUT2D eigenvalue weighted by atomic mass is 16.1. The third-order valence-corrected chi connectivity index (χ3v) is 3.04. The maximum absolute atomic E-state index is 11.0. The number of nitrogens with zero attached hydrogens (tertiary/aromatic N) is 2. The lowest BCUT2D eigenvalue weighted by Crippen LogP contribution is -2.18. The second-order valence-electron chi connectivity index (χ2n) is 4.94. The molecule has 0 fully saturated rings. The summed E-state index contributed by atoms with van der Waals surface area (Å²) in [6.07, 6.45) is 4.58. The summed E-state index contributed by atoms with van der Waals surface area (Å²) in [6, 6.07) is 7.94. The fourth-order valence-electron chi connectivity index (χ4n) is 1.70. The van der Waals surface area contributed by atoms with Gasteiger partial charge in [0.2, 0.25) is 0 Å². The number of carbonyl (C=O) groups is 1. The monoisotopic (exact) mass is 240 g/mol. The van der Waals surface area contributed by atoms with Gasteiger partial charge in [-0.25, -0.2) is 9.97 Å². The van der Waals surface area contributed by atoms with E-state index in [4.69, 9.17) is 0 Å². The van der Waals surface area contributed by atoms with Crippen molar-refractivity contribution >= 4 is 6.29 Å². The lowest BCUT2D eigenvalue weighted by Gasteiger charge is -2.17. The fraction of sp³-hybridized carbons (Fsp3) is 0.267. The minimum absolute atomic E-state index is 0.442. The Morgan fingerprint density at radius 1 is 1.00 bits per heavy atom. The number of aldehydes is 1. The highest BCUT2D eigenvalue weighted by Crippen LogP contribution is 2.24. The van der Waals surface area contributed by atoms with Gasteiger partial charge in [0.1, 0.15) is 12.1 Å². The van der Waals surface area contributed by atoms with Crippen LogP contribution in [-0.4, -0.2) is 16.3 Å². The van der Waals surface area contributed by atoms with Crippen LogP contribution in [0.25, 0.3) is 11.1 Å². The molecule has 2 rings (SSSR count). The molecule has 2 aromatic rings. The Bertz CT molecular complexity index is 542. The molecule has 0 aliphatic rings. The lowest BCUT2D eigenvalue weighted by atomic mass is 9.86. The van der Waals surface area contributed by atoms with E-state index in [1.165, 1.54) is 0 Å². The van der Waals surface area contributed by atoms with E-state index in [1.54, 1.807) is 0 Å². The topological polar surface area (TPSA) is 42.9 Å². The first kappa shape index (κ1) is 12.4. The number of rotatable bonds is 3. The maximum atomic E-state index is 11.0. The van der Waals surface area contributed by atoms with E-state index in [0.717, 1.165) is 28.8 Å². The van der Waals surface area contributed by atoms with Crippen LogP contribution in [-0.2, 0) is 10.2 Å². The van der Waals surface area contributed by atoms with Gasteiger partial charge in [-0.2, -0.15) is 0 Å². The molecule has 0 amide bonds. The van der Waals surface area contributed by atoms with E-state index >= 15 is 0 Å². The van der Waals surface area contributed by atoms with E-state index in [9.17, 15) is 4.79 Å². The number of hydrogen-bond donors (Lipinski definition) is 0. The van der Waals surface area contributed by atoms with Gasteiger partial charge in [0.15, 0.2) is 0 Å². The number of carbonyl (C=O) groups excluding carboxylic acids is 1. The molecule has 0 saturated carbocycles. The van der Waals surface area contributed by atoms with Crippen LogP contribution in [0.5, 0.6) is 0 Å². The third-order valence-electron chi connectivity index (χ3n) is 3.04. The van der Waals surface area contributed by atoms with Gasteiger partial charge in [0.25, 0.3) is 0 Å². The molecule has 0 unspecified atom stereocenters. The second kappa shape index (κ2) is 4.69. The summed E-state index contributed by atoms with van der Waals surface area (Å²) in [5.41, 5.74) is 2.60. The predicted molar refractivity (Wildman–Crippen MR) is 71.3 cm³/mol. The Morgan fingerprint density at radius 3 is 2.06 bits per heavy atom. The summed E-state index contributed by atoms with van der Waals surface area (Å²) in [5.74, 6) is 0.762. The Morgan fingerprint density at radius 2 is 1.56 bits per heavy atom. The van der Waals surface area contributed by atoms with E-state index < -0.39 is 5.41 Å². The van der Waals surface area contributed by atoms with Crippen LogP contribution in [0.2, 0.25) is 0 Å². The van der Waals surface area contributed by atoms with Crippen molar-refractivity contribution in [3.63, 3.8) is 0 Å². The summed E-state index contributed by atoms with van der Waals surface area (Å²) >= 11 is 0. The van der Waals surface area contributed by atoms with E-state index in [0.29, 0.717) is 0 Å². The van der Waals surface area contributed by atoms with Crippen LogP contribution in [0.15, 0.2) is 36.7 Å². The van der Waals surface area contributed by atoms with Crippen LogP contribution in [0.3, 0.4) is 0 Å². The zero-order valence-corrected chi connectivity index (χ0v) is 10.8. The van der Waals surface area contributed by atoms with Crippen molar-refractivity contribution in [2.24, 2.45) is 0 Å². The van der Waals surface area contributed by atoms with Crippen molar-refractivity contribution in [1.29, 1.82) is 0 Å². The minimum atomic E-state index is -0.442. The highest BCUT2D eigenvalue weighted by molar-refractivity contribution is 5.69. The first-order valence-corrected chi connectivity index (χ1v) is 5.89. The minimum Gasteiger partial charge on any atom is -0.302 e. The van der Waals surface area contributed by atoms with Crippen molar-refractivity contribution in [3.05, 3.63) is 48.0 Å². The van der Waals surface area contributed by atoms with Gasteiger partial charge in [0.05, 0.1) is 0 Å². The van der Waals surface area contributed by atoms with Crippen molar-refractivity contribution in [2.45, 2.75) is 26.2 Å². The van der Waals surface area contributed by atoms with E-state index in [1.807, 2.05) is 57.4 Å². The van der Waals surface area contributed by atoms with Gasteiger partial charge >= 0.3 is 0 Å². The van der Waals surface area contributed by atoms with Gasteiger partial charge < -0.3 is 4.79 Å². The van der Waals surface area contributed by atoms with Crippen LogP contribution in [0, 0.1) is 6.92 Å². The Balaban J connectivity index is 2.33. The fourth-order valence-corrected chi connectivity index (χ4v) is 1.70. The highest BCUT2D eigenvalue weighted by Gasteiger charge is 2.18. The molecule has 1 aromatic carbocycles. The van der Waals surface area contributed by atoms with Crippen molar-refractivity contribution in [2.75, 3.05) is 0 Å². The largest absolute Gasteiger partial charge is 0.302 e. The molecule has 0 radical (unpaired) electrons. The molecule has 0 atom stereocenters. The molecule has 0 aliphatic carbocycles.